The summed E-state index contributed by atoms with van der Waals surface area (Å²) in [5, 5.41) is 9.26. The van der Waals surface area contributed by atoms with Gasteiger partial charge in [-0.1, -0.05) is 18.5 Å². The third-order valence-corrected chi connectivity index (χ3v) is 4.71. The van der Waals surface area contributed by atoms with Crippen LogP contribution in [0.4, 0.5) is 0 Å². The lowest BCUT2D eigenvalue weighted by Gasteiger charge is -2.19. The summed E-state index contributed by atoms with van der Waals surface area (Å²) in [6.45, 7) is 2.53. The van der Waals surface area contributed by atoms with E-state index in [0.717, 1.165) is 6.42 Å². The summed E-state index contributed by atoms with van der Waals surface area (Å²) >= 11 is 5.72. The van der Waals surface area contributed by atoms with Crippen molar-refractivity contribution in [2.75, 3.05) is 25.4 Å². The maximum absolute atomic E-state index is 12.1. The van der Waals surface area contributed by atoms with Gasteiger partial charge < -0.3 is 5.11 Å². The second kappa shape index (κ2) is 7.61. The Hall–Kier alpha value is -1.11. The van der Waals surface area contributed by atoms with Crippen LogP contribution in [-0.2, 0) is 14.6 Å². The molecule has 5 nitrogen and oxygen atoms in total. The topological polar surface area (TPSA) is 74.7 Å². The molecule has 0 radical (unpaired) electrons. The van der Waals surface area contributed by atoms with Gasteiger partial charge in [0.15, 0.2) is 9.84 Å². The number of carbonyl (C=O) groups is 1. The van der Waals surface area contributed by atoms with E-state index in [1.165, 1.54) is 24.3 Å². The third-order valence-electron chi connectivity index (χ3n) is 2.75. The quantitative estimate of drug-likeness (QED) is 0.792. The van der Waals surface area contributed by atoms with Gasteiger partial charge in [0.1, 0.15) is 0 Å². The molecule has 0 atom stereocenters. The average Bonchev–Trinajstić information content (AvgIpc) is 2.36. The maximum Gasteiger partial charge on any atom is 0.317 e. The number of carboxylic acid groups (broad SMARTS) is 1. The minimum absolute atomic E-state index is 0.109. The van der Waals surface area contributed by atoms with Crippen molar-refractivity contribution < 1.29 is 18.3 Å². The monoisotopic (exact) mass is 319 g/mol. The summed E-state index contributed by atoms with van der Waals surface area (Å²) in [6.07, 6.45) is 0.772. The first kappa shape index (κ1) is 16.9. The first-order chi connectivity index (χ1) is 9.35. The van der Waals surface area contributed by atoms with Crippen LogP contribution in [0.5, 0.6) is 0 Å². The molecule has 1 aromatic rings. The van der Waals surface area contributed by atoms with Gasteiger partial charge in [-0.25, -0.2) is 8.42 Å². The zero-order valence-electron chi connectivity index (χ0n) is 11.3. The zero-order chi connectivity index (χ0) is 15.2. The molecule has 1 aromatic carbocycles. The van der Waals surface area contributed by atoms with E-state index in [0.29, 0.717) is 11.6 Å². The normalized spacial score (nSPS) is 11.8. The molecule has 7 heteroatoms. The van der Waals surface area contributed by atoms with Gasteiger partial charge in [0.25, 0.3) is 0 Å². The maximum atomic E-state index is 12.1. The summed E-state index contributed by atoms with van der Waals surface area (Å²) in [4.78, 5) is 12.5. The molecule has 0 saturated carbocycles. The van der Waals surface area contributed by atoms with Crippen LogP contribution in [0.15, 0.2) is 29.2 Å². The van der Waals surface area contributed by atoms with Crippen LogP contribution in [0.2, 0.25) is 5.02 Å². The van der Waals surface area contributed by atoms with Crippen molar-refractivity contribution in [2.45, 2.75) is 18.2 Å². The van der Waals surface area contributed by atoms with E-state index in [4.69, 9.17) is 16.7 Å². The zero-order valence-corrected chi connectivity index (χ0v) is 12.8. The van der Waals surface area contributed by atoms with E-state index in [-0.39, 0.29) is 23.7 Å². The Balaban J connectivity index is 2.70. The van der Waals surface area contributed by atoms with Crippen LogP contribution >= 0.6 is 11.6 Å². The van der Waals surface area contributed by atoms with Crippen molar-refractivity contribution in [3.8, 4) is 0 Å². The van der Waals surface area contributed by atoms with Gasteiger partial charge in [-0.3, -0.25) is 9.69 Å². The third kappa shape index (κ3) is 5.48. The van der Waals surface area contributed by atoms with Crippen molar-refractivity contribution in [1.29, 1.82) is 0 Å². The van der Waals surface area contributed by atoms with E-state index in [2.05, 4.69) is 0 Å². The minimum Gasteiger partial charge on any atom is -0.480 e. The Morgan fingerprint density at radius 1 is 1.25 bits per heavy atom. The predicted octanol–water partition coefficient (Wildman–Crippen LogP) is 1.91. The second-order valence-electron chi connectivity index (χ2n) is 4.44. The number of carboxylic acids is 1. The number of benzene rings is 1. The smallest absolute Gasteiger partial charge is 0.317 e. The molecule has 0 amide bonds. The van der Waals surface area contributed by atoms with Crippen molar-refractivity contribution in [2.24, 2.45) is 0 Å². The fourth-order valence-electron chi connectivity index (χ4n) is 1.79. The predicted molar refractivity (Wildman–Crippen MR) is 77.9 cm³/mol. The van der Waals surface area contributed by atoms with Crippen molar-refractivity contribution in [3.05, 3.63) is 29.3 Å². The molecule has 1 rings (SSSR count). The molecule has 0 heterocycles. The molecule has 0 fully saturated rings. The number of rotatable bonds is 8. The van der Waals surface area contributed by atoms with Crippen LogP contribution < -0.4 is 0 Å². The molecule has 0 bridgehead atoms. The molecule has 0 spiro atoms. The molecule has 0 aliphatic heterocycles. The van der Waals surface area contributed by atoms with Gasteiger partial charge in [0.2, 0.25) is 0 Å². The number of hydrogen-bond acceptors (Lipinski definition) is 4. The molecule has 0 aliphatic rings. The highest BCUT2D eigenvalue weighted by atomic mass is 35.5. The van der Waals surface area contributed by atoms with Gasteiger partial charge in [-0.2, -0.15) is 0 Å². The highest BCUT2D eigenvalue weighted by Crippen LogP contribution is 2.15. The average molecular weight is 320 g/mol. The van der Waals surface area contributed by atoms with Crippen molar-refractivity contribution in [1.82, 2.24) is 4.90 Å². The molecule has 0 unspecified atom stereocenters. The van der Waals surface area contributed by atoms with E-state index in [1.54, 1.807) is 4.90 Å². The lowest BCUT2D eigenvalue weighted by molar-refractivity contribution is -0.138. The molecule has 0 aromatic heterocycles. The number of halogens is 1. The summed E-state index contributed by atoms with van der Waals surface area (Å²) in [5.74, 6) is -1.07. The molecule has 112 valence electrons. The van der Waals surface area contributed by atoms with Gasteiger partial charge >= 0.3 is 5.97 Å². The van der Waals surface area contributed by atoms with Crippen LogP contribution in [0.25, 0.3) is 0 Å². The number of sulfone groups is 1. The standard InChI is InChI=1S/C13H18ClNO4S/c1-2-7-15(10-13(16)17)8-9-20(18,19)12-5-3-11(14)4-6-12/h3-6H,2,7-10H2,1H3,(H,16,17). The van der Waals surface area contributed by atoms with Crippen LogP contribution in [0, 0.1) is 0 Å². The fraction of sp³-hybridized carbons (Fsp3) is 0.462. The molecule has 0 saturated heterocycles. The molecule has 1 N–H and O–H groups in total. The van der Waals surface area contributed by atoms with Gasteiger partial charge in [0.05, 0.1) is 17.2 Å². The number of nitrogens with zero attached hydrogens (tertiary/aromatic N) is 1. The summed E-state index contributed by atoms with van der Waals surface area (Å²) in [6, 6.07) is 5.96. The van der Waals surface area contributed by atoms with E-state index in [9.17, 15) is 13.2 Å². The minimum atomic E-state index is -3.42. The van der Waals surface area contributed by atoms with Crippen LogP contribution in [0.3, 0.4) is 0 Å². The van der Waals surface area contributed by atoms with Gasteiger partial charge in [0, 0.05) is 11.6 Å². The summed E-state index contributed by atoms with van der Waals surface area (Å²) < 4.78 is 24.2. The van der Waals surface area contributed by atoms with Crippen LogP contribution in [0.1, 0.15) is 13.3 Å². The first-order valence-electron chi connectivity index (χ1n) is 6.27. The Labute approximate surface area is 124 Å². The van der Waals surface area contributed by atoms with E-state index < -0.39 is 15.8 Å². The summed E-state index contributed by atoms with van der Waals surface area (Å²) in [5.41, 5.74) is 0. The fourth-order valence-corrected chi connectivity index (χ4v) is 3.20. The van der Waals surface area contributed by atoms with Gasteiger partial charge in [-0.05, 0) is 37.2 Å². The second-order valence-corrected chi connectivity index (χ2v) is 6.99. The van der Waals surface area contributed by atoms with E-state index >= 15 is 0 Å². The van der Waals surface area contributed by atoms with Crippen molar-refractivity contribution >= 4 is 27.4 Å². The SMILES string of the molecule is CCCN(CCS(=O)(=O)c1ccc(Cl)cc1)CC(=O)O. The lowest BCUT2D eigenvalue weighted by atomic mass is 10.4. The molecule has 20 heavy (non-hydrogen) atoms. The summed E-state index contributed by atoms with van der Waals surface area (Å²) in [7, 11) is -3.42. The molecular weight excluding hydrogens is 302 g/mol. The number of aliphatic carboxylic acids is 1. The van der Waals surface area contributed by atoms with Crippen molar-refractivity contribution in [3.63, 3.8) is 0 Å². The lowest BCUT2D eigenvalue weighted by Crippen LogP contribution is -2.34. The van der Waals surface area contributed by atoms with Gasteiger partial charge in [-0.15, -0.1) is 0 Å². The Bertz CT molecular complexity index is 542. The number of hydrogen-bond donors (Lipinski definition) is 1. The Kier molecular flexibility index (Phi) is 6.45. The Morgan fingerprint density at radius 2 is 1.85 bits per heavy atom. The Morgan fingerprint density at radius 3 is 2.35 bits per heavy atom. The highest BCUT2D eigenvalue weighted by Gasteiger charge is 2.17. The van der Waals surface area contributed by atoms with Crippen LogP contribution in [-0.4, -0.2) is 49.8 Å². The highest BCUT2D eigenvalue weighted by molar-refractivity contribution is 7.91. The van der Waals surface area contributed by atoms with E-state index in [1.807, 2.05) is 6.92 Å². The first-order valence-corrected chi connectivity index (χ1v) is 8.30. The molecule has 0 aliphatic carbocycles. The molecular formula is C13H18ClNO4S. The largest absolute Gasteiger partial charge is 0.480 e.